The third-order valence-electron chi connectivity index (χ3n) is 8.11. The van der Waals surface area contributed by atoms with Crippen molar-refractivity contribution in [2.45, 2.75) is 58.8 Å². The molecule has 3 saturated carbocycles. The topological polar surface area (TPSA) is 71.4 Å². The van der Waals surface area contributed by atoms with Gasteiger partial charge in [0.05, 0.1) is 0 Å². The van der Waals surface area contributed by atoms with Crippen LogP contribution >= 0.6 is 0 Å². The van der Waals surface area contributed by atoms with Gasteiger partial charge < -0.3 is 5.11 Å². The predicted molar refractivity (Wildman–Crippen MR) is 92.7 cm³/mol. The maximum Gasteiger partial charge on any atom is 0.161 e. The highest BCUT2D eigenvalue weighted by Crippen LogP contribution is 2.65. The Balaban J connectivity index is 1.72. The third-order valence-corrected chi connectivity index (χ3v) is 8.11. The first-order chi connectivity index (χ1) is 11.8. The molecule has 0 saturated heterocycles. The molecule has 0 aromatic carbocycles. The molecule has 0 radical (unpaired) electrons. The van der Waals surface area contributed by atoms with E-state index in [1.165, 1.54) is 5.57 Å². The summed E-state index contributed by atoms with van der Waals surface area (Å²) in [6.07, 6.45) is 7.23. The molecule has 4 aliphatic rings. The molecule has 136 valence electrons. The van der Waals surface area contributed by atoms with E-state index in [2.05, 4.69) is 19.9 Å². The number of allylic oxidation sites excluding steroid dienone is 2. The number of carbonyl (C=O) groups is 3. The van der Waals surface area contributed by atoms with Crippen molar-refractivity contribution < 1.29 is 19.5 Å². The van der Waals surface area contributed by atoms with Crippen LogP contribution < -0.4 is 0 Å². The van der Waals surface area contributed by atoms with E-state index in [4.69, 9.17) is 0 Å². The number of hydrogen-bond donors (Lipinski definition) is 1. The molecule has 25 heavy (non-hydrogen) atoms. The molecule has 0 aliphatic heterocycles. The van der Waals surface area contributed by atoms with Gasteiger partial charge in [0.15, 0.2) is 5.78 Å². The molecule has 6 atom stereocenters. The standard InChI is InChI=1S/C21H28O4/c1-20-9-13(23)5-3-12(20)4-6-14-15-7-8-16(18(25)11-22)21(15,2)10-17(24)19(14)20/h3,14-16,19,22H,4-11H2,1-2H3/t14-,15-,16+,19+,20-,21-/m0/s1. The zero-order valence-electron chi connectivity index (χ0n) is 15.2. The first-order valence-electron chi connectivity index (χ1n) is 9.69. The van der Waals surface area contributed by atoms with E-state index >= 15 is 0 Å². The first-order valence-corrected chi connectivity index (χ1v) is 9.69. The van der Waals surface area contributed by atoms with Crippen LogP contribution in [0.15, 0.2) is 11.6 Å². The fourth-order valence-corrected chi connectivity index (χ4v) is 7.10. The fourth-order valence-electron chi connectivity index (χ4n) is 7.10. The number of carbonyl (C=O) groups excluding carboxylic acids is 3. The van der Waals surface area contributed by atoms with Crippen molar-refractivity contribution in [1.29, 1.82) is 0 Å². The largest absolute Gasteiger partial charge is 0.389 e. The van der Waals surface area contributed by atoms with Crippen LogP contribution in [0.25, 0.3) is 0 Å². The van der Waals surface area contributed by atoms with Crippen LogP contribution in [0.2, 0.25) is 0 Å². The summed E-state index contributed by atoms with van der Waals surface area (Å²) in [5.74, 6) is 0.744. The van der Waals surface area contributed by atoms with Gasteiger partial charge in [0.25, 0.3) is 0 Å². The molecular weight excluding hydrogens is 316 g/mol. The maximum atomic E-state index is 13.3. The Morgan fingerprint density at radius 3 is 2.68 bits per heavy atom. The van der Waals surface area contributed by atoms with E-state index in [0.29, 0.717) is 25.2 Å². The Bertz CT molecular complexity index is 677. The van der Waals surface area contributed by atoms with Crippen LogP contribution in [0.5, 0.6) is 0 Å². The number of aliphatic hydroxyl groups excluding tert-OH is 1. The quantitative estimate of drug-likeness (QED) is 0.782. The average molecular weight is 344 g/mol. The normalized spacial score (nSPS) is 46.1. The number of ketones is 3. The van der Waals surface area contributed by atoms with Gasteiger partial charge in [-0.2, -0.15) is 0 Å². The highest BCUT2D eigenvalue weighted by Gasteiger charge is 2.63. The van der Waals surface area contributed by atoms with Crippen molar-refractivity contribution >= 4 is 17.3 Å². The van der Waals surface area contributed by atoms with E-state index in [-0.39, 0.29) is 45.9 Å². The van der Waals surface area contributed by atoms with Gasteiger partial charge >= 0.3 is 0 Å². The van der Waals surface area contributed by atoms with Crippen molar-refractivity contribution in [1.82, 2.24) is 0 Å². The van der Waals surface area contributed by atoms with Gasteiger partial charge in [-0.3, -0.25) is 14.4 Å². The molecule has 3 fully saturated rings. The molecule has 4 rings (SSSR count). The van der Waals surface area contributed by atoms with Gasteiger partial charge in [-0.15, -0.1) is 0 Å². The molecule has 4 heteroatoms. The number of fused-ring (bicyclic) bond motifs is 5. The molecule has 4 nitrogen and oxygen atoms in total. The van der Waals surface area contributed by atoms with Gasteiger partial charge in [-0.05, 0) is 42.9 Å². The molecule has 0 amide bonds. The van der Waals surface area contributed by atoms with Gasteiger partial charge in [-0.1, -0.05) is 25.5 Å². The highest BCUT2D eigenvalue weighted by atomic mass is 16.3. The summed E-state index contributed by atoms with van der Waals surface area (Å²) in [7, 11) is 0. The Hall–Kier alpha value is -1.29. The Kier molecular flexibility index (Phi) is 3.84. The summed E-state index contributed by atoms with van der Waals surface area (Å²) >= 11 is 0. The van der Waals surface area contributed by atoms with E-state index in [1.54, 1.807) is 0 Å². The van der Waals surface area contributed by atoms with Crippen molar-refractivity contribution in [2.75, 3.05) is 6.61 Å². The monoisotopic (exact) mass is 344 g/mol. The predicted octanol–water partition coefficient (Wildman–Crippen LogP) is 2.87. The highest BCUT2D eigenvalue weighted by molar-refractivity contribution is 5.90. The van der Waals surface area contributed by atoms with E-state index < -0.39 is 6.61 Å². The van der Waals surface area contributed by atoms with Crippen LogP contribution in [0.4, 0.5) is 0 Å². The van der Waals surface area contributed by atoms with E-state index in [9.17, 15) is 19.5 Å². The lowest BCUT2D eigenvalue weighted by Crippen LogP contribution is -2.55. The lowest BCUT2D eigenvalue weighted by molar-refractivity contribution is -0.149. The Morgan fingerprint density at radius 2 is 1.96 bits per heavy atom. The maximum absolute atomic E-state index is 13.3. The summed E-state index contributed by atoms with van der Waals surface area (Å²) in [5.41, 5.74) is 0.690. The third kappa shape index (κ3) is 2.26. The molecule has 0 spiro atoms. The summed E-state index contributed by atoms with van der Waals surface area (Å²) in [5, 5.41) is 9.34. The molecule has 0 unspecified atom stereocenters. The first kappa shape index (κ1) is 17.1. The van der Waals surface area contributed by atoms with Crippen LogP contribution in [-0.2, 0) is 14.4 Å². The summed E-state index contributed by atoms with van der Waals surface area (Å²) in [4.78, 5) is 37.7. The van der Waals surface area contributed by atoms with Gasteiger partial charge in [0.1, 0.15) is 18.2 Å². The fraction of sp³-hybridized carbons (Fsp3) is 0.762. The zero-order chi connectivity index (χ0) is 18.0. The average Bonchev–Trinajstić information content (AvgIpc) is 2.89. The lowest BCUT2D eigenvalue weighted by atomic mass is 9.46. The zero-order valence-corrected chi connectivity index (χ0v) is 15.2. The molecule has 0 heterocycles. The van der Waals surface area contributed by atoms with Crippen molar-refractivity contribution in [2.24, 2.45) is 34.5 Å². The molecule has 0 bridgehead atoms. The minimum absolute atomic E-state index is 0.0715. The second-order valence-corrected chi connectivity index (χ2v) is 9.26. The number of Topliss-reactive ketones (excluding diaryl/α,β-unsaturated/α-hetero) is 3. The van der Waals surface area contributed by atoms with Crippen LogP contribution in [-0.4, -0.2) is 29.1 Å². The van der Waals surface area contributed by atoms with E-state index in [0.717, 1.165) is 25.7 Å². The van der Waals surface area contributed by atoms with E-state index in [1.807, 2.05) is 0 Å². The lowest BCUT2D eigenvalue weighted by Gasteiger charge is -2.56. The SMILES string of the molecule is C[C@]12CC(=O)[C@H]3[C@@H](CCC4=CCC(=O)C[C@@]43C)[C@@H]1CC[C@@H]2C(=O)CO. The molecule has 4 aliphatic carbocycles. The van der Waals surface area contributed by atoms with Gasteiger partial charge in [0, 0.05) is 36.5 Å². The Labute approximate surface area is 149 Å². The minimum atomic E-state index is -0.422. The summed E-state index contributed by atoms with van der Waals surface area (Å²) in [6.45, 7) is 3.80. The van der Waals surface area contributed by atoms with Gasteiger partial charge in [0.2, 0.25) is 0 Å². The summed E-state index contributed by atoms with van der Waals surface area (Å²) < 4.78 is 0. The van der Waals surface area contributed by atoms with Crippen molar-refractivity contribution in [3.05, 3.63) is 11.6 Å². The number of rotatable bonds is 2. The van der Waals surface area contributed by atoms with Gasteiger partial charge in [-0.25, -0.2) is 0 Å². The molecule has 0 aromatic heterocycles. The molecule has 1 N–H and O–H groups in total. The summed E-state index contributed by atoms with van der Waals surface area (Å²) in [6, 6.07) is 0. The number of aliphatic hydroxyl groups is 1. The van der Waals surface area contributed by atoms with Crippen LogP contribution in [0, 0.1) is 34.5 Å². The Morgan fingerprint density at radius 1 is 1.20 bits per heavy atom. The number of hydrogen-bond acceptors (Lipinski definition) is 4. The smallest absolute Gasteiger partial charge is 0.161 e. The van der Waals surface area contributed by atoms with Crippen molar-refractivity contribution in [3.63, 3.8) is 0 Å². The molecule has 0 aromatic rings. The van der Waals surface area contributed by atoms with Crippen LogP contribution in [0.3, 0.4) is 0 Å². The minimum Gasteiger partial charge on any atom is -0.389 e. The van der Waals surface area contributed by atoms with Crippen molar-refractivity contribution in [3.8, 4) is 0 Å². The second kappa shape index (κ2) is 5.60. The molecular formula is C21H28O4. The second-order valence-electron chi connectivity index (χ2n) is 9.26. The van der Waals surface area contributed by atoms with Crippen LogP contribution in [0.1, 0.15) is 58.8 Å².